The van der Waals surface area contributed by atoms with Crippen molar-refractivity contribution in [1.82, 2.24) is 0 Å². The molecule has 0 spiro atoms. The summed E-state index contributed by atoms with van der Waals surface area (Å²) in [6.45, 7) is 6.58. The van der Waals surface area contributed by atoms with Gasteiger partial charge in [-0.2, -0.15) is 0 Å². The van der Waals surface area contributed by atoms with Crippen LogP contribution in [0.25, 0.3) is 0 Å². The first-order chi connectivity index (χ1) is 10.6. The smallest absolute Gasteiger partial charge is 0.127 e. The molecule has 0 atom stereocenters. The van der Waals surface area contributed by atoms with Gasteiger partial charge in [-0.1, -0.05) is 84.1 Å². The lowest BCUT2D eigenvalue weighted by Crippen LogP contribution is -2.16. The lowest BCUT2D eigenvalue weighted by atomic mass is 10.2. The number of rotatable bonds is 0. The van der Waals surface area contributed by atoms with Crippen molar-refractivity contribution < 1.29 is 0 Å². The van der Waals surface area contributed by atoms with E-state index in [9.17, 15) is 0 Å². The van der Waals surface area contributed by atoms with Gasteiger partial charge >= 0.3 is 0 Å². The Morgan fingerprint density at radius 2 is 1.35 bits per heavy atom. The predicted octanol–water partition coefficient (Wildman–Crippen LogP) is 7.82. The maximum Gasteiger partial charge on any atom is 0.129 e. The van der Waals surface area contributed by atoms with Crippen molar-refractivity contribution >= 4 is 77.1 Å². The Hall–Kier alpha value is 0.107. The monoisotopic (exact) mass is 514 g/mol. The molecule has 0 aliphatic carbocycles. The molecule has 0 bridgehead atoms. The summed E-state index contributed by atoms with van der Waals surface area (Å²) in [5.74, 6) is 3.09. The van der Waals surface area contributed by atoms with Gasteiger partial charge in [-0.3, -0.25) is 0 Å². The summed E-state index contributed by atoms with van der Waals surface area (Å²) in [6.07, 6.45) is 0. The first-order valence-corrected chi connectivity index (χ1v) is 12.8. The van der Waals surface area contributed by atoms with Gasteiger partial charge in [-0.25, -0.2) is 0 Å². The van der Waals surface area contributed by atoms with Crippen molar-refractivity contribution in [2.24, 2.45) is 0 Å². The van der Waals surface area contributed by atoms with Crippen LogP contribution < -0.4 is 0 Å². The van der Waals surface area contributed by atoms with Crippen molar-refractivity contribution in [1.29, 1.82) is 0 Å². The van der Waals surface area contributed by atoms with Crippen LogP contribution in [0, 0.1) is 15.0 Å². The minimum absolute atomic E-state index is 0.555. The van der Waals surface area contributed by atoms with Crippen molar-refractivity contribution in [3.8, 4) is 11.5 Å². The number of hydrogen-bond acceptors (Lipinski definition) is 0. The van der Waals surface area contributed by atoms with Crippen molar-refractivity contribution in [2.45, 2.75) is 19.6 Å². The zero-order valence-electron chi connectivity index (χ0n) is 12.9. The molecule has 0 fully saturated rings. The van der Waals surface area contributed by atoms with Crippen LogP contribution in [0.3, 0.4) is 0 Å². The van der Waals surface area contributed by atoms with Gasteiger partial charge in [0.25, 0.3) is 0 Å². The van der Waals surface area contributed by atoms with Crippen LogP contribution in [-0.2, 0) is 0 Å². The third-order valence-electron chi connectivity index (χ3n) is 2.43. The van der Waals surface area contributed by atoms with Gasteiger partial charge in [0.2, 0.25) is 0 Å². The fraction of sp³-hybridized carbons (Fsp3) is 0.176. The molecule has 23 heavy (non-hydrogen) atoms. The number of halogens is 5. The van der Waals surface area contributed by atoms with Gasteiger partial charge in [-0.05, 0) is 46.9 Å². The Labute approximate surface area is 172 Å². The molecule has 0 aromatic heterocycles. The maximum atomic E-state index is 6.00. The number of benzene rings is 2. The average Bonchev–Trinajstić information content (AvgIpc) is 2.46. The highest BCUT2D eigenvalue weighted by Gasteiger charge is 2.08. The first-order valence-electron chi connectivity index (χ1n) is 6.68. The highest BCUT2D eigenvalue weighted by atomic mass is 127. The van der Waals surface area contributed by atoms with E-state index in [0.717, 1.165) is 9.13 Å². The second-order valence-corrected chi connectivity index (χ2v) is 13.1. The molecule has 0 aliphatic rings. The zero-order chi connectivity index (χ0) is 17.6. The van der Waals surface area contributed by atoms with Crippen LogP contribution in [0.1, 0.15) is 5.56 Å². The molecule has 0 aliphatic heterocycles. The van der Waals surface area contributed by atoms with E-state index in [4.69, 9.17) is 46.4 Å². The van der Waals surface area contributed by atoms with Gasteiger partial charge in [0.05, 0.1) is 20.1 Å². The number of hydrogen-bond donors (Lipinski definition) is 0. The van der Waals surface area contributed by atoms with Crippen LogP contribution in [0.5, 0.6) is 0 Å². The minimum atomic E-state index is -1.34. The summed E-state index contributed by atoms with van der Waals surface area (Å²) in [5.41, 5.74) is 4.07. The SMILES string of the molecule is C[Si](C)(C)C#Cc1cccc(Cl)c1Cl.Clc1cccc(I)c1Cl. The second-order valence-electron chi connectivity index (χ2n) is 5.64. The van der Waals surface area contributed by atoms with Crippen molar-refractivity contribution in [3.63, 3.8) is 0 Å². The fourth-order valence-corrected chi connectivity index (χ4v) is 3.15. The minimum Gasteiger partial charge on any atom is -0.127 e. The van der Waals surface area contributed by atoms with Gasteiger partial charge in [-0.15, -0.1) is 5.54 Å². The molecular formula is C17H15Cl4ISi. The van der Waals surface area contributed by atoms with E-state index < -0.39 is 8.07 Å². The van der Waals surface area contributed by atoms with Crippen LogP contribution in [-0.4, -0.2) is 8.07 Å². The molecule has 0 heterocycles. The molecule has 122 valence electrons. The van der Waals surface area contributed by atoms with Crippen LogP contribution in [0.15, 0.2) is 36.4 Å². The molecule has 2 rings (SSSR count). The molecule has 6 heteroatoms. The molecule has 0 N–H and O–H groups in total. The van der Waals surface area contributed by atoms with E-state index in [0.29, 0.717) is 20.1 Å². The average molecular weight is 516 g/mol. The molecule has 0 unspecified atom stereocenters. The van der Waals surface area contributed by atoms with E-state index in [1.807, 2.05) is 24.3 Å². The Bertz CT molecular complexity index is 722. The first kappa shape index (κ1) is 21.2. The summed E-state index contributed by atoms with van der Waals surface area (Å²) in [4.78, 5) is 0. The molecule has 2 aromatic carbocycles. The molecule has 0 nitrogen and oxygen atoms in total. The lowest BCUT2D eigenvalue weighted by molar-refractivity contribution is 1.64. The zero-order valence-corrected chi connectivity index (χ0v) is 19.0. The Morgan fingerprint density at radius 3 is 1.83 bits per heavy atom. The topological polar surface area (TPSA) is 0 Å². The summed E-state index contributed by atoms with van der Waals surface area (Å²) < 4.78 is 0.988. The molecule has 0 saturated carbocycles. The molecule has 0 radical (unpaired) electrons. The van der Waals surface area contributed by atoms with Gasteiger partial charge in [0.15, 0.2) is 0 Å². The quantitative estimate of drug-likeness (QED) is 0.145. The Kier molecular flexibility index (Phi) is 8.79. The van der Waals surface area contributed by atoms with E-state index in [-0.39, 0.29) is 0 Å². The summed E-state index contributed by atoms with van der Waals surface area (Å²) in [7, 11) is -1.34. The summed E-state index contributed by atoms with van der Waals surface area (Å²) >= 11 is 25.4. The van der Waals surface area contributed by atoms with Gasteiger partial charge in [0.1, 0.15) is 8.07 Å². The second kappa shape index (κ2) is 9.55. The highest BCUT2D eigenvalue weighted by Crippen LogP contribution is 2.26. The van der Waals surface area contributed by atoms with E-state index in [2.05, 4.69) is 53.7 Å². The summed E-state index contributed by atoms with van der Waals surface area (Å²) in [6, 6.07) is 11.1. The predicted molar refractivity (Wildman–Crippen MR) is 116 cm³/mol. The molecular weight excluding hydrogens is 501 g/mol. The van der Waals surface area contributed by atoms with E-state index >= 15 is 0 Å². The molecule has 2 aromatic rings. The van der Waals surface area contributed by atoms with Gasteiger partial charge < -0.3 is 0 Å². The van der Waals surface area contributed by atoms with E-state index in [1.54, 1.807) is 12.1 Å². The molecule has 0 amide bonds. The van der Waals surface area contributed by atoms with E-state index in [1.165, 1.54) is 0 Å². The molecule has 0 saturated heterocycles. The standard InChI is InChI=1S/C11H12Cl2Si.C6H3Cl2I/c1-14(2,3)8-7-9-5-4-6-10(12)11(9)13;7-4-2-1-3-5(9)6(4)8/h4-6H,1-3H3;1-3H. The highest BCUT2D eigenvalue weighted by molar-refractivity contribution is 14.1. The fourth-order valence-electron chi connectivity index (χ4n) is 1.33. The third kappa shape index (κ3) is 7.68. The van der Waals surface area contributed by atoms with Crippen molar-refractivity contribution in [3.05, 3.63) is 65.6 Å². The largest absolute Gasteiger partial charge is 0.129 e. The van der Waals surface area contributed by atoms with Crippen LogP contribution in [0.2, 0.25) is 39.7 Å². The third-order valence-corrected chi connectivity index (χ3v) is 6.16. The van der Waals surface area contributed by atoms with Crippen molar-refractivity contribution in [2.75, 3.05) is 0 Å². The lowest BCUT2D eigenvalue weighted by Gasteiger charge is -2.04. The normalized spacial score (nSPS) is 10.3. The summed E-state index contributed by atoms with van der Waals surface area (Å²) in [5, 5.41) is 2.37. The Morgan fingerprint density at radius 1 is 0.826 bits per heavy atom. The Balaban J connectivity index is 0.000000253. The maximum absolute atomic E-state index is 6.00. The van der Waals surface area contributed by atoms with Crippen LogP contribution >= 0.6 is 69.0 Å². The van der Waals surface area contributed by atoms with Crippen LogP contribution in [0.4, 0.5) is 0 Å². The van der Waals surface area contributed by atoms with Gasteiger partial charge in [0, 0.05) is 9.13 Å².